The molecular weight excluding hydrogens is 238 g/mol. The molecule has 0 saturated carbocycles. The van der Waals surface area contributed by atoms with Crippen molar-refractivity contribution in [2.24, 2.45) is 5.73 Å². The quantitative estimate of drug-likeness (QED) is 0.451. The van der Waals surface area contributed by atoms with Gasteiger partial charge in [-0.05, 0) is 43.8 Å². The third kappa shape index (κ3) is 3.93. The number of aromatic nitrogens is 2. The van der Waals surface area contributed by atoms with Crippen LogP contribution in [0.4, 0.5) is 0 Å². The van der Waals surface area contributed by atoms with Crippen molar-refractivity contribution < 1.29 is 0 Å². The van der Waals surface area contributed by atoms with Gasteiger partial charge in [0.05, 0.1) is 17.6 Å². The number of nitrogens with zero attached hydrogens (tertiary/aromatic N) is 1. The number of para-hydroxylation sites is 2. The summed E-state index contributed by atoms with van der Waals surface area (Å²) in [5, 5.41) is 10.9. The topological polar surface area (TPSA) is 90.6 Å². The highest BCUT2D eigenvalue weighted by Gasteiger charge is 2.00. The monoisotopic (exact) mass is 257 g/mol. The van der Waals surface area contributed by atoms with Crippen LogP contribution in [0.3, 0.4) is 0 Å². The summed E-state index contributed by atoms with van der Waals surface area (Å²) in [6.07, 6.45) is 4.69. The molecule has 0 fully saturated rings. The van der Waals surface area contributed by atoms with Gasteiger partial charge in [-0.15, -0.1) is 0 Å². The van der Waals surface area contributed by atoms with Crippen molar-refractivity contribution in [2.75, 3.05) is 6.54 Å². The molecule has 1 aromatic carbocycles. The first kappa shape index (κ1) is 13.3. The third-order valence-electron chi connectivity index (χ3n) is 2.83. The molecular formula is C14H19N5. The molecule has 0 aliphatic rings. The lowest BCUT2D eigenvalue weighted by Gasteiger charge is -2.02. The van der Waals surface area contributed by atoms with Gasteiger partial charge in [0.1, 0.15) is 5.82 Å². The van der Waals surface area contributed by atoms with Crippen molar-refractivity contribution in [1.82, 2.24) is 15.3 Å². The van der Waals surface area contributed by atoms with E-state index in [2.05, 4.69) is 15.3 Å². The second-order valence-electron chi connectivity index (χ2n) is 4.37. The number of benzene rings is 1. The number of nitrogens with one attached hydrogen (secondary N) is 3. The summed E-state index contributed by atoms with van der Waals surface area (Å²) in [4.78, 5) is 7.76. The summed E-state index contributed by atoms with van der Waals surface area (Å²) in [6.45, 7) is 1.58. The fourth-order valence-electron chi connectivity index (χ4n) is 1.90. The lowest BCUT2D eigenvalue weighted by atomic mass is 10.2. The van der Waals surface area contributed by atoms with E-state index < -0.39 is 0 Å². The number of fused-ring (bicyclic) bond motifs is 1. The van der Waals surface area contributed by atoms with E-state index in [-0.39, 0.29) is 0 Å². The molecule has 1 aromatic heterocycles. The van der Waals surface area contributed by atoms with Crippen LogP contribution in [0, 0.1) is 5.41 Å². The molecule has 0 radical (unpaired) electrons. The molecule has 0 atom stereocenters. The summed E-state index contributed by atoms with van der Waals surface area (Å²) < 4.78 is 0. The van der Waals surface area contributed by atoms with Crippen LogP contribution in [-0.2, 0) is 6.54 Å². The minimum Gasteiger partial charge on any atom is -0.405 e. The van der Waals surface area contributed by atoms with E-state index in [1.54, 1.807) is 6.08 Å². The number of allylic oxidation sites excluding steroid dienone is 1. The first-order valence-corrected chi connectivity index (χ1v) is 6.39. The Labute approximate surface area is 112 Å². The van der Waals surface area contributed by atoms with Gasteiger partial charge in [-0.3, -0.25) is 0 Å². The number of hydrogen-bond acceptors (Lipinski definition) is 4. The Balaban J connectivity index is 1.72. The molecule has 2 rings (SSSR count). The Hall–Kier alpha value is -2.14. The summed E-state index contributed by atoms with van der Waals surface area (Å²) in [6, 6.07) is 7.99. The van der Waals surface area contributed by atoms with Crippen LogP contribution in [0.15, 0.2) is 36.5 Å². The van der Waals surface area contributed by atoms with Gasteiger partial charge in [0, 0.05) is 5.71 Å². The Bertz CT molecular complexity index is 537. The van der Waals surface area contributed by atoms with Crippen LogP contribution < -0.4 is 11.1 Å². The normalized spacial score (nSPS) is 11.4. The molecule has 0 saturated heterocycles. The Morgan fingerprint density at radius 3 is 3.05 bits per heavy atom. The van der Waals surface area contributed by atoms with Gasteiger partial charge in [-0.2, -0.15) is 0 Å². The molecule has 5 N–H and O–H groups in total. The molecule has 5 nitrogen and oxygen atoms in total. The van der Waals surface area contributed by atoms with E-state index in [0.717, 1.165) is 42.8 Å². The minimum atomic E-state index is 0.563. The van der Waals surface area contributed by atoms with Crippen molar-refractivity contribution in [3.63, 3.8) is 0 Å². The number of imidazole rings is 1. The maximum atomic E-state index is 7.55. The predicted molar refractivity (Wildman–Crippen MR) is 78.1 cm³/mol. The van der Waals surface area contributed by atoms with Gasteiger partial charge in [-0.25, -0.2) is 4.98 Å². The maximum Gasteiger partial charge on any atom is 0.121 e. The first-order valence-electron chi connectivity index (χ1n) is 6.39. The van der Waals surface area contributed by atoms with Crippen LogP contribution >= 0.6 is 0 Å². The Morgan fingerprint density at radius 2 is 2.26 bits per heavy atom. The standard InChI is InChI=1S/C14H19N5/c15-8-7-11(16)4-3-9-17-10-14-18-12-5-1-2-6-13(12)19-14/h1-2,5-8,16-17H,3-4,9-10,15H2,(H,18,19). The van der Waals surface area contributed by atoms with Crippen molar-refractivity contribution in [3.8, 4) is 0 Å². The second kappa shape index (κ2) is 6.70. The number of H-pyrrole nitrogens is 1. The van der Waals surface area contributed by atoms with Crippen LogP contribution in [0.25, 0.3) is 11.0 Å². The fraction of sp³-hybridized carbons (Fsp3) is 0.286. The van der Waals surface area contributed by atoms with Crippen molar-refractivity contribution >= 4 is 16.7 Å². The second-order valence-corrected chi connectivity index (χ2v) is 4.37. The molecule has 0 amide bonds. The summed E-state index contributed by atoms with van der Waals surface area (Å²) in [5.41, 5.74) is 7.84. The first-order chi connectivity index (χ1) is 9.29. The van der Waals surface area contributed by atoms with E-state index in [1.807, 2.05) is 24.3 Å². The largest absolute Gasteiger partial charge is 0.405 e. The van der Waals surface area contributed by atoms with Gasteiger partial charge in [0.15, 0.2) is 0 Å². The summed E-state index contributed by atoms with van der Waals surface area (Å²) >= 11 is 0. The zero-order valence-electron chi connectivity index (χ0n) is 10.8. The molecule has 1 heterocycles. The lowest BCUT2D eigenvalue weighted by molar-refractivity contribution is 0.644. The molecule has 0 aliphatic heterocycles. The van der Waals surface area contributed by atoms with Crippen molar-refractivity contribution in [1.29, 1.82) is 5.41 Å². The summed E-state index contributed by atoms with van der Waals surface area (Å²) in [5.74, 6) is 0.943. The average Bonchev–Trinajstić information content (AvgIpc) is 2.81. The van der Waals surface area contributed by atoms with E-state index >= 15 is 0 Å². The van der Waals surface area contributed by atoms with E-state index in [0.29, 0.717) is 5.71 Å². The van der Waals surface area contributed by atoms with Gasteiger partial charge >= 0.3 is 0 Å². The van der Waals surface area contributed by atoms with Crippen molar-refractivity contribution in [3.05, 3.63) is 42.4 Å². The van der Waals surface area contributed by atoms with Gasteiger partial charge in [0.25, 0.3) is 0 Å². The SMILES string of the molecule is N=C(C=CN)CCCNCc1nc2ccccc2[nH]1. The zero-order chi connectivity index (χ0) is 13.5. The third-order valence-corrected chi connectivity index (χ3v) is 2.83. The van der Waals surface area contributed by atoms with Crippen LogP contribution in [0.1, 0.15) is 18.7 Å². The van der Waals surface area contributed by atoms with Crippen LogP contribution in [0.5, 0.6) is 0 Å². The van der Waals surface area contributed by atoms with Gasteiger partial charge in [0.2, 0.25) is 0 Å². The molecule has 100 valence electrons. The molecule has 0 aliphatic carbocycles. The van der Waals surface area contributed by atoms with E-state index in [1.165, 1.54) is 6.20 Å². The predicted octanol–water partition coefficient (Wildman–Crippen LogP) is 1.92. The number of rotatable bonds is 7. The van der Waals surface area contributed by atoms with Crippen molar-refractivity contribution in [2.45, 2.75) is 19.4 Å². The molecule has 5 heteroatoms. The van der Waals surface area contributed by atoms with Crippen LogP contribution in [-0.4, -0.2) is 22.2 Å². The Kier molecular flexibility index (Phi) is 4.69. The zero-order valence-corrected chi connectivity index (χ0v) is 10.8. The molecule has 19 heavy (non-hydrogen) atoms. The summed E-state index contributed by atoms with van der Waals surface area (Å²) in [7, 11) is 0. The highest BCUT2D eigenvalue weighted by Crippen LogP contribution is 2.09. The average molecular weight is 257 g/mol. The van der Waals surface area contributed by atoms with Crippen LogP contribution in [0.2, 0.25) is 0 Å². The van der Waals surface area contributed by atoms with Gasteiger partial charge in [-0.1, -0.05) is 12.1 Å². The van der Waals surface area contributed by atoms with E-state index in [4.69, 9.17) is 11.1 Å². The number of nitrogens with two attached hydrogens (primary N) is 1. The Morgan fingerprint density at radius 1 is 1.42 bits per heavy atom. The number of aromatic amines is 1. The maximum absolute atomic E-state index is 7.55. The fourth-order valence-corrected chi connectivity index (χ4v) is 1.90. The molecule has 0 unspecified atom stereocenters. The highest BCUT2D eigenvalue weighted by atomic mass is 15.0. The minimum absolute atomic E-state index is 0.563. The molecule has 2 aromatic rings. The van der Waals surface area contributed by atoms with Gasteiger partial charge < -0.3 is 21.4 Å². The number of hydrogen-bond donors (Lipinski definition) is 4. The lowest BCUT2D eigenvalue weighted by Crippen LogP contribution is -2.16. The molecule has 0 bridgehead atoms. The van der Waals surface area contributed by atoms with E-state index in [9.17, 15) is 0 Å². The molecule has 0 spiro atoms. The smallest absolute Gasteiger partial charge is 0.121 e. The highest BCUT2D eigenvalue weighted by molar-refractivity contribution is 5.91.